The molecule has 1 unspecified atom stereocenters. The van der Waals surface area contributed by atoms with Gasteiger partial charge in [0.25, 0.3) is 0 Å². The fourth-order valence-electron chi connectivity index (χ4n) is 3.01. The summed E-state index contributed by atoms with van der Waals surface area (Å²) in [5.41, 5.74) is 0. The predicted molar refractivity (Wildman–Crippen MR) is 99.2 cm³/mol. The van der Waals surface area contributed by atoms with E-state index in [1.807, 2.05) is 7.05 Å². The van der Waals surface area contributed by atoms with Crippen molar-refractivity contribution in [3.63, 3.8) is 0 Å². The monoisotopic (exact) mass is 337 g/mol. The minimum atomic E-state index is 0.329. The number of nitrogens with one attached hydrogen (secondary N) is 2. The van der Waals surface area contributed by atoms with Crippen LogP contribution in [0.3, 0.4) is 0 Å². The summed E-state index contributed by atoms with van der Waals surface area (Å²) >= 11 is 0. The van der Waals surface area contributed by atoms with Crippen LogP contribution < -0.4 is 10.6 Å². The summed E-state index contributed by atoms with van der Waals surface area (Å²) < 4.78 is 0. The van der Waals surface area contributed by atoms with Crippen LogP contribution in [-0.4, -0.2) is 74.0 Å². The van der Waals surface area contributed by atoms with Gasteiger partial charge in [0.2, 0.25) is 5.91 Å². The van der Waals surface area contributed by atoms with Crippen molar-refractivity contribution < 1.29 is 4.79 Å². The second-order valence-electron chi connectivity index (χ2n) is 7.47. The molecule has 0 aromatic carbocycles. The molecule has 1 heterocycles. The van der Waals surface area contributed by atoms with Crippen molar-refractivity contribution in [2.24, 2.45) is 16.8 Å². The Morgan fingerprint density at radius 2 is 1.83 bits per heavy atom. The molecule has 2 fully saturated rings. The average Bonchev–Trinajstić information content (AvgIpc) is 2.52. The zero-order valence-electron chi connectivity index (χ0n) is 15.8. The number of nitrogens with zero attached hydrogens (tertiary/aromatic N) is 3. The second kappa shape index (κ2) is 9.25. The van der Waals surface area contributed by atoms with E-state index in [0.717, 1.165) is 58.1 Å². The normalized spacial score (nSPS) is 21.5. The van der Waals surface area contributed by atoms with E-state index in [4.69, 9.17) is 0 Å². The molecule has 2 N–H and O–H groups in total. The van der Waals surface area contributed by atoms with Crippen LogP contribution in [0.2, 0.25) is 0 Å². The van der Waals surface area contributed by atoms with E-state index in [2.05, 4.69) is 46.2 Å². The first-order valence-electron chi connectivity index (χ1n) is 9.49. The molecule has 0 aromatic rings. The third-order valence-corrected chi connectivity index (χ3v) is 5.45. The SMILES string of the molecule is CN=C(NCCN1CCN(C(=O)C2CCC2)CC1)NC(C)C(C)C. The Balaban J connectivity index is 1.62. The molecule has 24 heavy (non-hydrogen) atoms. The molecule has 1 saturated heterocycles. The van der Waals surface area contributed by atoms with Gasteiger partial charge in [0.1, 0.15) is 0 Å². The summed E-state index contributed by atoms with van der Waals surface area (Å²) in [5, 5.41) is 6.81. The van der Waals surface area contributed by atoms with Crippen LogP contribution in [0, 0.1) is 11.8 Å². The first-order valence-corrected chi connectivity index (χ1v) is 9.49. The largest absolute Gasteiger partial charge is 0.355 e. The summed E-state index contributed by atoms with van der Waals surface area (Å²) in [6.07, 6.45) is 3.43. The molecule has 1 atom stereocenters. The third-order valence-electron chi connectivity index (χ3n) is 5.45. The van der Waals surface area contributed by atoms with E-state index in [0.29, 0.717) is 23.8 Å². The number of guanidine groups is 1. The Labute approximate surface area is 147 Å². The highest BCUT2D eigenvalue weighted by atomic mass is 16.2. The highest BCUT2D eigenvalue weighted by Gasteiger charge is 2.30. The average molecular weight is 338 g/mol. The van der Waals surface area contributed by atoms with Crippen molar-refractivity contribution >= 4 is 11.9 Å². The summed E-state index contributed by atoms with van der Waals surface area (Å²) in [5.74, 6) is 2.17. The molecular formula is C18H35N5O. The van der Waals surface area contributed by atoms with Gasteiger partial charge in [0.05, 0.1) is 0 Å². The highest BCUT2D eigenvalue weighted by molar-refractivity contribution is 5.80. The predicted octanol–water partition coefficient (Wildman–Crippen LogP) is 1.14. The second-order valence-corrected chi connectivity index (χ2v) is 7.47. The molecule has 138 valence electrons. The van der Waals surface area contributed by atoms with E-state index in [-0.39, 0.29) is 0 Å². The minimum Gasteiger partial charge on any atom is -0.355 e. The van der Waals surface area contributed by atoms with E-state index >= 15 is 0 Å². The molecule has 1 saturated carbocycles. The van der Waals surface area contributed by atoms with Gasteiger partial charge in [0, 0.05) is 58.3 Å². The van der Waals surface area contributed by atoms with E-state index in [1.54, 1.807) is 0 Å². The fraction of sp³-hybridized carbons (Fsp3) is 0.889. The van der Waals surface area contributed by atoms with Gasteiger partial charge in [-0.3, -0.25) is 14.7 Å². The number of piperazine rings is 1. The standard InChI is InChI=1S/C18H35N5O/c1-14(2)15(3)21-18(19-4)20-8-9-22-10-12-23(13-11-22)17(24)16-6-5-7-16/h14-16H,5-13H2,1-4H3,(H2,19,20,21). The zero-order chi connectivity index (χ0) is 17.5. The Morgan fingerprint density at radius 3 is 2.33 bits per heavy atom. The van der Waals surface area contributed by atoms with Crippen LogP contribution in [0.5, 0.6) is 0 Å². The van der Waals surface area contributed by atoms with Gasteiger partial charge in [0.15, 0.2) is 5.96 Å². The van der Waals surface area contributed by atoms with Gasteiger partial charge in [-0.15, -0.1) is 0 Å². The third kappa shape index (κ3) is 5.36. The number of hydrogen-bond donors (Lipinski definition) is 2. The lowest BCUT2D eigenvalue weighted by atomic mass is 9.84. The zero-order valence-corrected chi connectivity index (χ0v) is 15.8. The maximum Gasteiger partial charge on any atom is 0.225 e. The smallest absolute Gasteiger partial charge is 0.225 e. The van der Waals surface area contributed by atoms with Gasteiger partial charge in [-0.1, -0.05) is 20.3 Å². The van der Waals surface area contributed by atoms with E-state index in [1.165, 1.54) is 6.42 Å². The van der Waals surface area contributed by atoms with Gasteiger partial charge >= 0.3 is 0 Å². The topological polar surface area (TPSA) is 60.0 Å². The van der Waals surface area contributed by atoms with Crippen LogP contribution in [0.4, 0.5) is 0 Å². The maximum atomic E-state index is 12.3. The van der Waals surface area contributed by atoms with Crippen LogP contribution in [0.1, 0.15) is 40.0 Å². The number of hydrogen-bond acceptors (Lipinski definition) is 3. The molecule has 1 aliphatic heterocycles. The van der Waals surface area contributed by atoms with Gasteiger partial charge in [-0.2, -0.15) is 0 Å². The summed E-state index contributed by atoms with van der Waals surface area (Å²) in [4.78, 5) is 21.0. The fourth-order valence-corrected chi connectivity index (χ4v) is 3.01. The Hall–Kier alpha value is -1.30. The van der Waals surface area contributed by atoms with Gasteiger partial charge < -0.3 is 15.5 Å². The number of rotatable bonds is 6. The van der Waals surface area contributed by atoms with E-state index in [9.17, 15) is 4.79 Å². The lowest BCUT2D eigenvalue weighted by molar-refractivity contribution is -0.139. The van der Waals surface area contributed by atoms with Crippen LogP contribution in [-0.2, 0) is 4.79 Å². The Kier molecular flexibility index (Phi) is 7.34. The Bertz CT molecular complexity index is 425. The highest BCUT2D eigenvalue weighted by Crippen LogP contribution is 2.28. The van der Waals surface area contributed by atoms with Gasteiger partial charge in [-0.05, 0) is 25.7 Å². The van der Waals surface area contributed by atoms with E-state index < -0.39 is 0 Å². The van der Waals surface area contributed by atoms with Gasteiger partial charge in [-0.25, -0.2) is 0 Å². The Morgan fingerprint density at radius 1 is 1.17 bits per heavy atom. The van der Waals surface area contributed by atoms with Crippen molar-refractivity contribution in [2.45, 2.75) is 46.1 Å². The van der Waals surface area contributed by atoms with Crippen molar-refractivity contribution in [1.82, 2.24) is 20.4 Å². The lowest BCUT2D eigenvalue weighted by Crippen LogP contribution is -2.53. The molecule has 0 radical (unpaired) electrons. The number of amides is 1. The summed E-state index contributed by atoms with van der Waals surface area (Å²) in [6.45, 7) is 12.2. The lowest BCUT2D eigenvalue weighted by Gasteiger charge is -2.38. The molecule has 0 aromatic heterocycles. The first kappa shape index (κ1) is 19.0. The molecule has 6 heteroatoms. The van der Waals surface area contributed by atoms with Crippen molar-refractivity contribution in [2.75, 3.05) is 46.3 Å². The minimum absolute atomic E-state index is 0.329. The number of carbonyl (C=O) groups is 1. The molecule has 1 amide bonds. The van der Waals surface area contributed by atoms with Crippen molar-refractivity contribution in [3.05, 3.63) is 0 Å². The van der Waals surface area contributed by atoms with Crippen molar-refractivity contribution in [3.8, 4) is 0 Å². The molecule has 2 rings (SSSR count). The van der Waals surface area contributed by atoms with Crippen LogP contribution in [0.25, 0.3) is 0 Å². The molecule has 6 nitrogen and oxygen atoms in total. The number of aliphatic imine (C=N–C) groups is 1. The molecular weight excluding hydrogens is 302 g/mol. The first-order chi connectivity index (χ1) is 11.5. The quantitative estimate of drug-likeness (QED) is 0.564. The molecule has 0 bridgehead atoms. The molecule has 0 spiro atoms. The molecule has 1 aliphatic carbocycles. The number of carbonyl (C=O) groups excluding carboxylic acids is 1. The maximum absolute atomic E-state index is 12.3. The summed E-state index contributed by atoms with van der Waals surface area (Å²) in [6, 6.07) is 0.400. The van der Waals surface area contributed by atoms with Crippen LogP contribution >= 0.6 is 0 Å². The van der Waals surface area contributed by atoms with Crippen LogP contribution in [0.15, 0.2) is 4.99 Å². The molecule has 2 aliphatic rings. The summed E-state index contributed by atoms with van der Waals surface area (Å²) in [7, 11) is 1.81. The van der Waals surface area contributed by atoms with Crippen molar-refractivity contribution in [1.29, 1.82) is 0 Å².